The number of fused-ring (bicyclic) bond motifs is 1. The summed E-state index contributed by atoms with van der Waals surface area (Å²) >= 11 is 3.21. The molecule has 1 aliphatic heterocycles. The molecule has 6 nitrogen and oxygen atoms in total. The number of hydrogen-bond acceptors (Lipinski definition) is 7. The molecule has 1 aromatic carbocycles. The van der Waals surface area contributed by atoms with Crippen molar-refractivity contribution < 1.29 is 9.53 Å². The summed E-state index contributed by atoms with van der Waals surface area (Å²) < 4.78 is 6.42. The third-order valence-electron chi connectivity index (χ3n) is 4.98. The van der Waals surface area contributed by atoms with E-state index in [0.717, 1.165) is 57.6 Å². The van der Waals surface area contributed by atoms with Gasteiger partial charge in [-0.15, -0.1) is 11.3 Å². The molecule has 0 radical (unpaired) electrons. The summed E-state index contributed by atoms with van der Waals surface area (Å²) in [6.45, 7) is 5.66. The van der Waals surface area contributed by atoms with Gasteiger partial charge in [-0.1, -0.05) is 11.3 Å². The third kappa shape index (κ3) is 3.77. The van der Waals surface area contributed by atoms with Crippen molar-refractivity contribution in [2.24, 2.45) is 5.92 Å². The minimum atomic E-state index is 0.0280. The standard InChI is InChI=1S/C19H22N4O2S2/c1-11-12(2)26-18(20-11)22-17(24)13-6-8-23(9-7-13)19-21-15-5-4-14(25-3)10-16(15)27-19/h4-5,10,13H,6-9H2,1-3H3,(H,20,22,24). The van der Waals surface area contributed by atoms with Crippen LogP contribution in [0.1, 0.15) is 23.4 Å². The van der Waals surface area contributed by atoms with Crippen molar-refractivity contribution in [1.29, 1.82) is 0 Å². The monoisotopic (exact) mass is 402 g/mol. The fourth-order valence-electron chi connectivity index (χ4n) is 3.22. The van der Waals surface area contributed by atoms with E-state index in [0.29, 0.717) is 5.13 Å². The Morgan fingerprint density at radius 2 is 2.00 bits per heavy atom. The van der Waals surface area contributed by atoms with Crippen LogP contribution in [0.4, 0.5) is 10.3 Å². The van der Waals surface area contributed by atoms with E-state index in [2.05, 4.69) is 15.2 Å². The number of hydrogen-bond donors (Lipinski definition) is 1. The molecule has 1 fully saturated rings. The van der Waals surface area contributed by atoms with E-state index in [-0.39, 0.29) is 11.8 Å². The third-order valence-corrected chi connectivity index (χ3v) is 7.05. The number of carbonyl (C=O) groups excluding carboxylic acids is 1. The summed E-state index contributed by atoms with van der Waals surface area (Å²) in [6, 6.07) is 5.95. The molecule has 27 heavy (non-hydrogen) atoms. The number of ether oxygens (including phenoxy) is 1. The molecule has 4 rings (SSSR count). The van der Waals surface area contributed by atoms with Gasteiger partial charge in [0.1, 0.15) is 5.75 Å². The maximum Gasteiger partial charge on any atom is 0.229 e. The second kappa shape index (κ2) is 7.44. The summed E-state index contributed by atoms with van der Waals surface area (Å²) in [5.74, 6) is 0.957. The molecule has 3 aromatic rings. The van der Waals surface area contributed by atoms with E-state index in [4.69, 9.17) is 9.72 Å². The number of thiazole rings is 2. The molecule has 0 aliphatic carbocycles. The number of nitrogens with zero attached hydrogens (tertiary/aromatic N) is 3. The summed E-state index contributed by atoms with van der Waals surface area (Å²) in [5, 5.41) is 4.71. The Labute approximate surface area is 166 Å². The van der Waals surface area contributed by atoms with Crippen LogP contribution in [-0.2, 0) is 4.79 Å². The second-order valence-electron chi connectivity index (χ2n) is 6.74. The Kier molecular flexibility index (Phi) is 5.01. The summed E-state index contributed by atoms with van der Waals surface area (Å²) in [7, 11) is 1.67. The maximum atomic E-state index is 12.6. The highest BCUT2D eigenvalue weighted by atomic mass is 32.1. The lowest BCUT2D eigenvalue weighted by molar-refractivity contribution is -0.120. The normalized spacial score (nSPS) is 15.3. The van der Waals surface area contributed by atoms with Gasteiger partial charge in [0, 0.05) is 23.9 Å². The highest BCUT2D eigenvalue weighted by Crippen LogP contribution is 2.33. The van der Waals surface area contributed by atoms with Crippen LogP contribution in [-0.4, -0.2) is 36.1 Å². The van der Waals surface area contributed by atoms with Crippen molar-refractivity contribution in [3.8, 4) is 5.75 Å². The highest BCUT2D eigenvalue weighted by molar-refractivity contribution is 7.22. The Balaban J connectivity index is 1.39. The molecule has 0 bridgehead atoms. The average Bonchev–Trinajstić information content (AvgIpc) is 3.24. The second-order valence-corrected chi connectivity index (χ2v) is 8.95. The van der Waals surface area contributed by atoms with E-state index in [1.165, 1.54) is 11.3 Å². The molecule has 0 spiro atoms. The van der Waals surface area contributed by atoms with Gasteiger partial charge in [0.15, 0.2) is 10.3 Å². The van der Waals surface area contributed by atoms with Crippen molar-refractivity contribution in [2.75, 3.05) is 30.4 Å². The molecular formula is C19H22N4O2S2. The number of benzene rings is 1. The van der Waals surface area contributed by atoms with E-state index in [1.54, 1.807) is 18.4 Å². The number of aromatic nitrogens is 2. The first-order valence-corrected chi connectivity index (χ1v) is 10.6. The number of carbonyl (C=O) groups is 1. The van der Waals surface area contributed by atoms with Crippen LogP contribution in [0.15, 0.2) is 18.2 Å². The molecule has 3 heterocycles. The Hall–Kier alpha value is -2.19. The van der Waals surface area contributed by atoms with Crippen molar-refractivity contribution in [1.82, 2.24) is 9.97 Å². The van der Waals surface area contributed by atoms with Crippen molar-refractivity contribution in [3.63, 3.8) is 0 Å². The molecule has 2 aromatic heterocycles. The Morgan fingerprint density at radius 1 is 1.22 bits per heavy atom. The quantitative estimate of drug-likeness (QED) is 0.707. The first-order valence-electron chi connectivity index (χ1n) is 8.98. The molecular weight excluding hydrogens is 380 g/mol. The smallest absolute Gasteiger partial charge is 0.229 e. The van der Waals surface area contributed by atoms with Crippen LogP contribution in [0.25, 0.3) is 10.2 Å². The predicted octanol–water partition coefficient (Wildman–Crippen LogP) is 4.23. The number of amides is 1. The minimum Gasteiger partial charge on any atom is -0.497 e. The fraction of sp³-hybridized carbons (Fsp3) is 0.421. The molecule has 142 valence electrons. The zero-order valence-electron chi connectivity index (χ0n) is 15.6. The number of piperidine rings is 1. The molecule has 0 unspecified atom stereocenters. The lowest BCUT2D eigenvalue weighted by Crippen LogP contribution is -2.38. The van der Waals surface area contributed by atoms with Crippen LogP contribution in [0.5, 0.6) is 5.75 Å². The van der Waals surface area contributed by atoms with Crippen LogP contribution in [0.2, 0.25) is 0 Å². The lowest BCUT2D eigenvalue weighted by atomic mass is 9.96. The number of rotatable bonds is 4. The highest BCUT2D eigenvalue weighted by Gasteiger charge is 2.27. The maximum absolute atomic E-state index is 12.6. The molecule has 1 aliphatic rings. The minimum absolute atomic E-state index is 0.0280. The molecule has 8 heteroatoms. The van der Waals surface area contributed by atoms with Crippen LogP contribution < -0.4 is 15.0 Å². The van der Waals surface area contributed by atoms with Gasteiger partial charge in [0.25, 0.3) is 0 Å². The first-order chi connectivity index (χ1) is 13.0. The number of anilines is 2. The van der Waals surface area contributed by atoms with Gasteiger partial charge in [-0.05, 0) is 44.9 Å². The van der Waals surface area contributed by atoms with E-state index >= 15 is 0 Å². The summed E-state index contributed by atoms with van der Waals surface area (Å²) in [5.41, 5.74) is 1.97. The number of methoxy groups -OCH3 is 1. The zero-order chi connectivity index (χ0) is 19.0. The number of aryl methyl sites for hydroxylation is 2. The number of nitrogens with one attached hydrogen (secondary N) is 1. The van der Waals surface area contributed by atoms with Crippen LogP contribution >= 0.6 is 22.7 Å². The van der Waals surface area contributed by atoms with Crippen molar-refractivity contribution in [2.45, 2.75) is 26.7 Å². The lowest BCUT2D eigenvalue weighted by Gasteiger charge is -2.30. The van der Waals surface area contributed by atoms with Gasteiger partial charge in [0.2, 0.25) is 5.91 Å². The zero-order valence-corrected chi connectivity index (χ0v) is 17.2. The molecule has 0 atom stereocenters. The van der Waals surface area contributed by atoms with Gasteiger partial charge >= 0.3 is 0 Å². The van der Waals surface area contributed by atoms with Gasteiger partial charge in [0.05, 0.1) is 23.0 Å². The molecule has 1 saturated heterocycles. The van der Waals surface area contributed by atoms with Gasteiger partial charge < -0.3 is 15.0 Å². The largest absolute Gasteiger partial charge is 0.497 e. The SMILES string of the molecule is COc1ccc2nc(N3CCC(C(=O)Nc4nc(C)c(C)s4)CC3)sc2c1. The van der Waals surface area contributed by atoms with E-state index < -0.39 is 0 Å². The van der Waals surface area contributed by atoms with Crippen LogP contribution in [0, 0.1) is 19.8 Å². The van der Waals surface area contributed by atoms with Gasteiger partial charge in [-0.3, -0.25) is 4.79 Å². The Morgan fingerprint density at radius 3 is 2.67 bits per heavy atom. The van der Waals surface area contributed by atoms with Crippen LogP contribution in [0.3, 0.4) is 0 Å². The first kappa shape index (κ1) is 18.2. The summed E-state index contributed by atoms with van der Waals surface area (Å²) in [6.07, 6.45) is 1.66. The van der Waals surface area contributed by atoms with E-state index in [1.807, 2.05) is 32.0 Å². The van der Waals surface area contributed by atoms with Gasteiger partial charge in [-0.25, -0.2) is 9.97 Å². The Bertz CT molecular complexity index is 954. The molecule has 1 N–H and O–H groups in total. The fourth-order valence-corrected chi connectivity index (χ4v) is 5.08. The average molecular weight is 403 g/mol. The topological polar surface area (TPSA) is 67.3 Å². The van der Waals surface area contributed by atoms with E-state index in [9.17, 15) is 4.79 Å². The molecule has 1 amide bonds. The summed E-state index contributed by atoms with van der Waals surface area (Å²) in [4.78, 5) is 25.1. The molecule has 0 saturated carbocycles. The van der Waals surface area contributed by atoms with Crippen molar-refractivity contribution >= 4 is 49.1 Å². The van der Waals surface area contributed by atoms with Crippen molar-refractivity contribution in [3.05, 3.63) is 28.8 Å². The predicted molar refractivity (Wildman–Crippen MR) is 111 cm³/mol. The van der Waals surface area contributed by atoms with Gasteiger partial charge in [-0.2, -0.15) is 0 Å².